The minimum absolute atomic E-state index is 0.215. The zero-order valence-electron chi connectivity index (χ0n) is 13.5. The first kappa shape index (κ1) is 15.9. The van der Waals surface area contributed by atoms with Crippen LogP contribution in [0, 0.1) is 0 Å². The van der Waals surface area contributed by atoms with E-state index < -0.39 is 6.10 Å². The summed E-state index contributed by atoms with van der Waals surface area (Å²) < 4.78 is 11.0. The van der Waals surface area contributed by atoms with E-state index in [9.17, 15) is 9.59 Å². The topological polar surface area (TPSA) is 76.7 Å². The number of hydrogen-bond donors (Lipinski definition) is 2. The molecule has 6 heteroatoms. The molecule has 0 aliphatic carbocycles. The Morgan fingerprint density at radius 2 is 2.08 bits per heavy atom. The Kier molecular flexibility index (Phi) is 4.37. The number of nitrogens with one attached hydrogen (secondary N) is 2. The Morgan fingerprint density at radius 1 is 1.29 bits per heavy atom. The summed E-state index contributed by atoms with van der Waals surface area (Å²) in [6.07, 6.45) is -0.531. The van der Waals surface area contributed by atoms with Gasteiger partial charge in [-0.25, -0.2) is 0 Å². The number of rotatable bonds is 4. The van der Waals surface area contributed by atoms with Crippen molar-refractivity contribution < 1.29 is 19.1 Å². The maximum atomic E-state index is 12.5. The van der Waals surface area contributed by atoms with Gasteiger partial charge >= 0.3 is 0 Å². The number of carbonyl (C=O) groups is 2. The molecule has 24 heavy (non-hydrogen) atoms. The molecule has 0 bridgehead atoms. The Hall–Kier alpha value is -3.02. The van der Waals surface area contributed by atoms with Crippen molar-refractivity contribution in [3.8, 4) is 11.5 Å². The second-order valence-corrected chi connectivity index (χ2v) is 5.34. The number of ether oxygens (including phenoxy) is 2. The molecule has 1 heterocycles. The first-order valence-corrected chi connectivity index (χ1v) is 7.73. The molecule has 2 aromatic carbocycles. The number of fused-ring (bicyclic) bond motifs is 1. The van der Waals surface area contributed by atoms with E-state index in [0.717, 1.165) is 0 Å². The van der Waals surface area contributed by atoms with E-state index in [1.807, 2.05) is 13.0 Å². The lowest BCUT2D eigenvalue weighted by atomic mass is 10.1. The maximum Gasteiger partial charge on any atom is 0.265 e. The highest BCUT2D eigenvalue weighted by atomic mass is 16.5. The first-order chi connectivity index (χ1) is 11.6. The molecule has 0 saturated carbocycles. The molecular formula is C18H18N2O4. The van der Waals surface area contributed by atoms with Gasteiger partial charge in [-0.05, 0) is 44.2 Å². The summed E-state index contributed by atoms with van der Waals surface area (Å²) in [5, 5.41) is 5.56. The molecular weight excluding hydrogens is 308 g/mol. The molecule has 0 unspecified atom stereocenters. The van der Waals surface area contributed by atoms with Crippen LogP contribution in [0.15, 0.2) is 42.5 Å². The van der Waals surface area contributed by atoms with Gasteiger partial charge in [-0.3, -0.25) is 9.59 Å². The fourth-order valence-corrected chi connectivity index (χ4v) is 2.42. The van der Waals surface area contributed by atoms with Crippen molar-refractivity contribution in [2.24, 2.45) is 0 Å². The van der Waals surface area contributed by atoms with Gasteiger partial charge in [0.2, 0.25) is 0 Å². The number of para-hydroxylation sites is 1. The lowest BCUT2D eigenvalue weighted by Crippen LogP contribution is -2.34. The molecule has 0 saturated heterocycles. The highest BCUT2D eigenvalue weighted by Crippen LogP contribution is 2.32. The molecule has 2 amide bonds. The average Bonchev–Trinajstić information content (AvgIpc) is 2.57. The predicted molar refractivity (Wildman–Crippen MR) is 90.7 cm³/mol. The molecule has 3 rings (SSSR count). The normalized spacial score (nSPS) is 15.8. The molecule has 2 aromatic rings. The Morgan fingerprint density at radius 3 is 2.88 bits per heavy atom. The Balaban J connectivity index is 1.81. The number of carbonyl (C=O) groups excluding carboxylic acids is 2. The van der Waals surface area contributed by atoms with Crippen LogP contribution in [0.25, 0.3) is 0 Å². The summed E-state index contributed by atoms with van der Waals surface area (Å²) in [7, 11) is 0. The van der Waals surface area contributed by atoms with E-state index in [-0.39, 0.29) is 11.8 Å². The van der Waals surface area contributed by atoms with Gasteiger partial charge in [0, 0.05) is 5.69 Å². The Labute approximate surface area is 139 Å². The van der Waals surface area contributed by atoms with Crippen LogP contribution in [0.1, 0.15) is 24.2 Å². The maximum absolute atomic E-state index is 12.5. The fourth-order valence-electron chi connectivity index (χ4n) is 2.42. The highest BCUT2D eigenvalue weighted by Gasteiger charge is 2.23. The summed E-state index contributed by atoms with van der Waals surface area (Å²) in [6.45, 7) is 4.02. The zero-order valence-corrected chi connectivity index (χ0v) is 13.5. The molecule has 124 valence electrons. The van der Waals surface area contributed by atoms with Crippen LogP contribution in [0.3, 0.4) is 0 Å². The van der Waals surface area contributed by atoms with Crippen molar-refractivity contribution in [1.82, 2.24) is 0 Å². The first-order valence-electron chi connectivity index (χ1n) is 7.73. The third-order valence-corrected chi connectivity index (χ3v) is 3.60. The van der Waals surface area contributed by atoms with Crippen LogP contribution >= 0.6 is 0 Å². The number of hydrogen-bond acceptors (Lipinski definition) is 4. The van der Waals surface area contributed by atoms with Gasteiger partial charge in [0.05, 0.1) is 17.9 Å². The van der Waals surface area contributed by atoms with Crippen LogP contribution in [0.4, 0.5) is 11.4 Å². The van der Waals surface area contributed by atoms with Gasteiger partial charge in [-0.1, -0.05) is 12.1 Å². The van der Waals surface area contributed by atoms with Crippen LogP contribution in [-0.2, 0) is 4.79 Å². The largest absolute Gasteiger partial charge is 0.493 e. The molecule has 1 atom stereocenters. The molecule has 6 nitrogen and oxygen atoms in total. The van der Waals surface area contributed by atoms with Gasteiger partial charge in [-0.2, -0.15) is 0 Å². The smallest absolute Gasteiger partial charge is 0.265 e. The van der Waals surface area contributed by atoms with Crippen molar-refractivity contribution in [2.75, 3.05) is 17.2 Å². The van der Waals surface area contributed by atoms with Crippen molar-refractivity contribution in [3.63, 3.8) is 0 Å². The highest BCUT2D eigenvalue weighted by molar-refractivity contribution is 6.07. The fraction of sp³-hybridized carbons (Fsp3) is 0.222. The zero-order chi connectivity index (χ0) is 17.1. The summed E-state index contributed by atoms with van der Waals surface area (Å²) in [5.74, 6) is 0.610. The van der Waals surface area contributed by atoms with E-state index in [2.05, 4.69) is 10.6 Å². The SMILES string of the molecule is CCOc1ccccc1C(=O)Nc1ccc2c(c1)NC(=O)[C@H](C)O2. The van der Waals surface area contributed by atoms with Gasteiger partial charge < -0.3 is 20.1 Å². The number of benzene rings is 2. The predicted octanol–water partition coefficient (Wildman–Crippen LogP) is 3.06. The second-order valence-electron chi connectivity index (χ2n) is 5.34. The lowest BCUT2D eigenvalue weighted by Gasteiger charge is -2.23. The van der Waals surface area contributed by atoms with Crippen LogP contribution in [0.5, 0.6) is 11.5 Å². The van der Waals surface area contributed by atoms with E-state index in [1.54, 1.807) is 43.3 Å². The van der Waals surface area contributed by atoms with Gasteiger partial charge in [0.1, 0.15) is 11.5 Å². The van der Waals surface area contributed by atoms with Crippen molar-refractivity contribution in [3.05, 3.63) is 48.0 Å². The van der Waals surface area contributed by atoms with Crippen molar-refractivity contribution >= 4 is 23.2 Å². The van der Waals surface area contributed by atoms with Gasteiger partial charge in [-0.15, -0.1) is 0 Å². The number of anilines is 2. The monoisotopic (exact) mass is 326 g/mol. The molecule has 0 aromatic heterocycles. The molecule has 0 spiro atoms. The van der Waals surface area contributed by atoms with Crippen molar-refractivity contribution in [2.45, 2.75) is 20.0 Å². The van der Waals surface area contributed by atoms with Crippen molar-refractivity contribution in [1.29, 1.82) is 0 Å². The minimum atomic E-state index is -0.531. The Bertz CT molecular complexity index is 788. The van der Waals surface area contributed by atoms with E-state index in [4.69, 9.17) is 9.47 Å². The third kappa shape index (κ3) is 3.17. The quantitative estimate of drug-likeness (QED) is 0.905. The second kappa shape index (κ2) is 6.62. The van der Waals surface area contributed by atoms with Gasteiger partial charge in [0.15, 0.2) is 6.10 Å². The molecule has 1 aliphatic heterocycles. The summed E-state index contributed by atoms with van der Waals surface area (Å²) >= 11 is 0. The number of amides is 2. The van der Waals surface area contributed by atoms with E-state index in [0.29, 0.717) is 35.0 Å². The van der Waals surface area contributed by atoms with Gasteiger partial charge in [0.25, 0.3) is 11.8 Å². The third-order valence-electron chi connectivity index (χ3n) is 3.60. The molecule has 1 aliphatic rings. The molecule has 2 N–H and O–H groups in total. The standard InChI is InChI=1S/C18H18N2O4/c1-3-23-15-7-5-4-6-13(15)18(22)19-12-8-9-16-14(10-12)20-17(21)11(2)24-16/h4-11H,3H2,1-2H3,(H,19,22)(H,20,21)/t11-/m0/s1. The van der Waals surface area contributed by atoms with E-state index in [1.165, 1.54) is 0 Å². The summed E-state index contributed by atoms with van der Waals surface area (Å²) in [6, 6.07) is 12.2. The summed E-state index contributed by atoms with van der Waals surface area (Å²) in [4.78, 5) is 24.2. The molecule has 0 fully saturated rings. The van der Waals surface area contributed by atoms with Crippen LogP contribution in [-0.4, -0.2) is 24.5 Å². The minimum Gasteiger partial charge on any atom is -0.493 e. The molecule has 0 radical (unpaired) electrons. The average molecular weight is 326 g/mol. The summed E-state index contributed by atoms with van der Waals surface area (Å²) in [5.41, 5.74) is 1.54. The lowest BCUT2D eigenvalue weighted by molar-refractivity contribution is -0.122. The van der Waals surface area contributed by atoms with Crippen LogP contribution < -0.4 is 20.1 Å². The van der Waals surface area contributed by atoms with E-state index >= 15 is 0 Å². The van der Waals surface area contributed by atoms with Crippen LogP contribution in [0.2, 0.25) is 0 Å².